The summed E-state index contributed by atoms with van der Waals surface area (Å²) >= 11 is 0. The van der Waals surface area contributed by atoms with Crippen LogP contribution in [0.5, 0.6) is 11.5 Å². The highest BCUT2D eigenvalue weighted by molar-refractivity contribution is 5.65. The first-order valence-corrected chi connectivity index (χ1v) is 10.2. The second-order valence-corrected chi connectivity index (χ2v) is 7.74. The number of aromatic nitrogens is 2. The van der Waals surface area contributed by atoms with Gasteiger partial charge in [-0.05, 0) is 42.7 Å². The fraction of sp³-hybridized carbons (Fsp3) is 0.333. The van der Waals surface area contributed by atoms with Crippen LogP contribution in [0, 0.1) is 13.8 Å². The van der Waals surface area contributed by atoms with Gasteiger partial charge in [0.05, 0.1) is 25.6 Å². The summed E-state index contributed by atoms with van der Waals surface area (Å²) in [4.78, 5) is 11.8. The third-order valence-electron chi connectivity index (χ3n) is 5.64. The summed E-state index contributed by atoms with van der Waals surface area (Å²) in [5.74, 6) is 2.04. The van der Waals surface area contributed by atoms with Crippen molar-refractivity contribution in [2.45, 2.75) is 33.4 Å². The van der Waals surface area contributed by atoms with Gasteiger partial charge in [-0.3, -0.25) is 4.90 Å². The summed E-state index contributed by atoms with van der Waals surface area (Å²) < 4.78 is 10.8. The van der Waals surface area contributed by atoms with Crippen LogP contribution in [0.4, 0.5) is 11.6 Å². The molecule has 30 heavy (non-hydrogen) atoms. The van der Waals surface area contributed by atoms with Crippen LogP contribution in [0.25, 0.3) is 0 Å². The lowest BCUT2D eigenvalue weighted by Gasteiger charge is -2.28. The van der Waals surface area contributed by atoms with Gasteiger partial charge >= 0.3 is 0 Å². The SMILES string of the molecule is COc1ccc(OC)c(Nc2ncc3c(n2)CCN(Cc2ccc(C)c(C)c2)C3)c1. The van der Waals surface area contributed by atoms with E-state index in [2.05, 4.69) is 47.2 Å². The number of benzene rings is 2. The number of fused-ring (bicyclic) bond motifs is 1. The van der Waals surface area contributed by atoms with Crippen LogP contribution in [-0.2, 0) is 19.5 Å². The van der Waals surface area contributed by atoms with Crippen molar-refractivity contribution in [3.05, 3.63) is 70.5 Å². The van der Waals surface area contributed by atoms with Gasteiger partial charge in [-0.2, -0.15) is 0 Å². The lowest BCUT2D eigenvalue weighted by atomic mass is 10.0. The van der Waals surface area contributed by atoms with Crippen LogP contribution in [0.3, 0.4) is 0 Å². The van der Waals surface area contributed by atoms with Crippen molar-refractivity contribution in [1.82, 2.24) is 14.9 Å². The molecule has 4 rings (SSSR count). The maximum atomic E-state index is 5.44. The highest BCUT2D eigenvalue weighted by Crippen LogP contribution is 2.31. The van der Waals surface area contributed by atoms with E-state index in [1.165, 1.54) is 22.3 Å². The van der Waals surface area contributed by atoms with E-state index in [-0.39, 0.29) is 0 Å². The largest absolute Gasteiger partial charge is 0.497 e. The lowest BCUT2D eigenvalue weighted by Crippen LogP contribution is -2.31. The zero-order chi connectivity index (χ0) is 21.1. The molecule has 2 heterocycles. The number of aryl methyl sites for hydroxylation is 2. The first-order valence-electron chi connectivity index (χ1n) is 10.2. The maximum Gasteiger partial charge on any atom is 0.227 e. The molecule has 0 spiro atoms. The van der Waals surface area contributed by atoms with Crippen molar-refractivity contribution in [2.24, 2.45) is 0 Å². The second-order valence-electron chi connectivity index (χ2n) is 7.74. The molecule has 6 nitrogen and oxygen atoms in total. The number of anilines is 2. The van der Waals surface area contributed by atoms with Crippen LogP contribution < -0.4 is 14.8 Å². The fourth-order valence-electron chi connectivity index (χ4n) is 3.76. The molecule has 1 aromatic heterocycles. The number of hydrogen-bond donors (Lipinski definition) is 1. The van der Waals surface area contributed by atoms with Gasteiger partial charge in [0.15, 0.2) is 0 Å². The van der Waals surface area contributed by atoms with E-state index >= 15 is 0 Å². The Balaban J connectivity index is 1.47. The van der Waals surface area contributed by atoms with Gasteiger partial charge in [-0.25, -0.2) is 9.97 Å². The summed E-state index contributed by atoms with van der Waals surface area (Å²) in [5, 5.41) is 3.27. The Bertz CT molecular complexity index is 1050. The highest BCUT2D eigenvalue weighted by Gasteiger charge is 2.19. The molecule has 0 radical (unpaired) electrons. The smallest absolute Gasteiger partial charge is 0.227 e. The van der Waals surface area contributed by atoms with Gasteiger partial charge in [0, 0.05) is 43.9 Å². The van der Waals surface area contributed by atoms with E-state index in [4.69, 9.17) is 14.5 Å². The molecule has 0 amide bonds. The van der Waals surface area contributed by atoms with Crippen molar-refractivity contribution in [2.75, 3.05) is 26.1 Å². The van der Waals surface area contributed by atoms with E-state index in [0.29, 0.717) is 5.95 Å². The summed E-state index contributed by atoms with van der Waals surface area (Å²) in [6.45, 7) is 7.12. The van der Waals surface area contributed by atoms with Crippen molar-refractivity contribution >= 4 is 11.6 Å². The van der Waals surface area contributed by atoms with E-state index in [9.17, 15) is 0 Å². The summed E-state index contributed by atoms with van der Waals surface area (Å²) in [6, 6.07) is 12.3. The van der Waals surface area contributed by atoms with E-state index in [1.54, 1.807) is 14.2 Å². The lowest BCUT2D eigenvalue weighted by molar-refractivity contribution is 0.243. The van der Waals surface area contributed by atoms with Gasteiger partial charge < -0.3 is 14.8 Å². The normalized spacial score (nSPS) is 13.6. The summed E-state index contributed by atoms with van der Waals surface area (Å²) in [7, 11) is 3.29. The van der Waals surface area contributed by atoms with E-state index in [0.717, 1.165) is 48.9 Å². The van der Waals surface area contributed by atoms with Crippen LogP contribution in [0.1, 0.15) is 27.9 Å². The van der Waals surface area contributed by atoms with Crippen molar-refractivity contribution < 1.29 is 9.47 Å². The molecular weight excluding hydrogens is 376 g/mol. The molecular formula is C24H28N4O2. The number of hydrogen-bond acceptors (Lipinski definition) is 6. The maximum absolute atomic E-state index is 5.44. The number of methoxy groups -OCH3 is 2. The standard InChI is InChI=1S/C24H28N4O2/c1-16-5-6-18(11-17(16)2)14-28-10-9-21-19(15-28)13-25-24(26-21)27-22-12-20(29-3)7-8-23(22)30-4/h5-8,11-13H,9-10,14-15H2,1-4H3,(H,25,26,27). The molecule has 0 atom stereocenters. The fourth-order valence-corrected chi connectivity index (χ4v) is 3.76. The number of rotatable bonds is 6. The average Bonchev–Trinajstić information content (AvgIpc) is 2.76. The Morgan fingerprint density at radius 2 is 1.90 bits per heavy atom. The molecule has 156 valence electrons. The minimum atomic E-state index is 0.572. The van der Waals surface area contributed by atoms with Crippen LogP contribution in [0.15, 0.2) is 42.6 Å². The van der Waals surface area contributed by atoms with Crippen LogP contribution >= 0.6 is 0 Å². The molecule has 6 heteroatoms. The Morgan fingerprint density at radius 3 is 2.67 bits per heavy atom. The topological polar surface area (TPSA) is 59.5 Å². The predicted octanol–water partition coefficient (Wildman–Crippen LogP) is 4.41. The molecule has 0 bridgehead atoms. The monoisotopic (exact) mass is 404 g/mol. The molecule has 2 aromatic carbocycles. The molecule has 0 unspecified atom stereocenters. The van der Waals surface area contributed by atoms with Crippen molar-refractivity contribution in [3.8, 4) is 11.5 Å². The van der Waals surface area contributed by atoms with Gasteiger partial charge in [0.25, 0.3) is 0 Å². The Kier molecular flexibility index (Phi) is 5.86. The minimum Gasteiger partial charge on any atom is -0.497 e. The Morgan fingerprint density at radius 1 is 1.03 bits per heavy atom. The quantitative estimate of drug-likeness (QED) is 0.657. The molecule has 0 saturated carbocycles. The molecule has 0 saturated heterocycles. The molecule has 3 aromatic rings. The summed E-state index contributed by atoms with van der Waals surface area (Å²) in [5.41, 5.74) is 7.11. The Labute approximate surface area is 177 Å². The first-order chi connectivity index (χ1) is 14.6. The third kappa shape index (κ3) is 4.39. The predicted molar refractivity (Wildman–Crippen MR) is 119 cm³/mol. The van der Waals surface area contributed by atoms with Gasteiger partial charge in [0.2, 0.25) is 5.95 Å². The molecule has 1 N–H and O–H groups in total. The van der Waals surface area contributed by atoms with Crippen molar-refractivity contribution in [1.29, 1.82) is 0 Å². The number of nitrogens with one attached hydrogen (secondary N) is 1. The van der Waals surface area contributed by atoms with E-state index in [1.807, 2.05) is 24.4 Å². The molecule has 0 fully saturated rings. The zero-order valence-corrected chi connectivity index (χ0v) is 18.0. The van der Waals surface area contributed by atoms with Gasteiger partial charge in [0.1, 0.15) is 11.5 Å². The molecule has 1 aliphatic rings. The van der Waals surface area contributed by atoms with Crippen LogP contribution in [0.2, 0.25) is 0 Å². The molecule has 0 aliphatic carbocycles. The second kappa shape index (κ2) is 8.71. The Hall–Kier alpha value is -3.12. The summed E-state index contributed by atoms with van der Waals surface area (Å²) in [6.07, 6.45) is 2.84. The van der Waals surface area contributed by atoms with E-state index < -0.39 is 0 Å². The zero-order valence-electron chi connectivity index (χ0n) is 18.0. The van der Waals surface area contributed by atoms with Gasteiger partial charge in [-0.15, -0.1) is 0 Å². The third-order valence-corrected chi connectivity index (χ3v) is 5.64. The first kappa shape index (κ1) is 20.2. The minimum absolute atomic E-state index is 0.572. The van der Waals surface area contributed by atoms with Crippen molar-refractivity contribution in [3.63, 3.8) is 0 Å². The highest BCUT2D eigenvalue weighted by atomic mass is 16.5. The number of ether oxygens (including phenoxy) is 2. The average molecular weight is 405 g/mol. The molecule has 1 aliphatic heterocycles. The van der Waals surface area contributed by atoms with Crippen LogP contribution in [-0.4, -0.2) is 35.6 Å². The number of nitrogens with zero attached hydrogens (tertiary/aromatic N) is 3. The van der Waals surface area contributed by atoms with Gasteiger partial charge in [-0.1, -0.05) is 18.2 Å².